The number of nitrogens with zero attached hydrogens (tertiary/aromatic N) is 2. The van der Waals surface area contributed by atoms with E-state index in [1.165, 1.54) is 19.0 Å². The van der Waals surface area contributed by atoms with Crippen molar-refractivity contribution in [2.75, 3.05) is 17.7 Å². The molecule has 3 rings (SSSR count). The first kappa shape index (κ1) is 19.0. The predicted molar refractivity (Wildman–Crippen MR) is 106 cm³/mol. The van der Waals surface area contributed by atoms with Crippen LogP contribution in [0, 0.1) is 6.92 Å². The van der Waals surface area contributed by atoms with Gasteiger partial charge in [0.2, 0.25) is 0 Å². The van der Waals surface area contributed by atoms with Crippen LogP contribution in [0.25, 0.3) is 0 Å². The Bertz CT molecular complexity index is 970. The Morgan fingerprint density at radius 3 is 2.39 bits per heavy atom. The number of aryl methyl sites for hydroxylation is 1. The van der Waals surface area contributed by atoms with Crippen LogP contribution < -0.4 is 10.6 Å². The molecule has 1 heterocycles. The van der Waals surface area contributed by atoms with E-state index < -0.39 is 5.97 Å². The third-order valence-electron chi connectivity index (χ3n) is 4.06. The number of methoxy groups -OCH3 is 1. The van der Waals surface area contributed by atoms with Crippen molar-refractivity contribution in [1.82, 2.24) is 9.97 Å². The van der Waals surface area contributed by atoms with Gasteiger partial charge in [0, 0.05) is 18.3 Å². The molecule has 0 saturated heterocycles. The molecule has 3 aromatic rings. The lowest BCUT2D eigenvalue weighted by molar-refractivity contribution is 0.0600. The van der Waals surface area contributed by atoms with Crippen molar-refractivity contribution in [3.63, 3.8) is 0 Å². The van der Waals surface area contributed by atoms with Gasteiger partial charge in [-0.2, -0.15) is 0 Å². The minimum Gasteiger partial charge on any atom is -0.465 e. The summed E-state index contributed by atoms with van der Waals surface area (Å²) in [6.07, 6.45) is 1.34. The molecule has 1 aromatic heterocycles. The largest absolute Gasteiger partial charge is 0.465 e. The van der Waals surface area contributed by atoms with E-state index in [1.54, 1.807) is 30.3 Å². The van der Waals surface area contributed by atoms with Crippen LogP contribution in [0.3, 0.4) is 0 Å². The van der Waals surface area contributed by atoms with Gasteiger partial charge < -0.3 is 15.4 Å². The molecule has 7 nitrogen and oxygen atoms in total. The van der Waals surface area contributed by atoms with E-state index in [-0.39, 0.29) is 11.6 Å². The highest BCUT2D eigenvalue weighted by atomic mass is 16.5. The molecular formula is C21H20N4O3. The summed E-state index contributed by atoms with van der Waals surface area (Å²) in [7, 11) is 1.32. The molecule has 2 N–H and O–H groups in total. The lowest BCUT2D eigenvalue weighted by Gasteiger charge is -2.08. The van der Waals surface area contributed by atoms with Crippen molar-refractivity contribution in [2.45, 2.75) is 13.5 Å². The summed E-state index contributed by atoms with van der Waals surface area (Å²) in [6, 6.07) is 16.2. The maximum absolute atomic E-state index is 12.4. The topological polar surface area (TPSA) is 93.2 Å². The van der Waals surface area contributed by atoms with Crippen molar-refractivity contribution < 1.29 is 14.3 Å². The van der Waals surface area contributed by atoms with E-state index in [2.05, 4.69) is 25.3 Å². The zero-order valence-corrected chi connectivity index (χ0v) is 15.6. The molecule has 0 bridgehead atoms. The number of nitrogens with one attached hydrogen (secondary N) is 2. The molecule has 7 heteroatoms. The van der Waals surface area contributed by atoms with Crippen LogP contribution in [0.4, 0.5) is 11.5 Å². The van der Waals surface area contributed by atoms with Crippen LogP contribution in [0.2, 0.25) is 0 Å². The number of benzene rings is 2. The number of carbonyl (C=O) groups excluding carboxylic acids is 2. The number of carbonyl (C=O) groups is 2. The van der Waals surface area contributed by atoms with Crippen LogP contribution in [-0.2, 0) is 11.3 Å². The normalized spacial score (nSPS) is 10.2. The number of rotatable bonds is 6. The molecule has 0 fully saturated rings. The smallest absolute Gasteiger partial charge is 0.337 e. The van der Waals surface area contributed by atoms with Gasteiger partial charge in [-0.25, -0.2) is 14.8 Å². The average molecular weight is 376 g/mol. The van der Waals surface area contributed by atoms with Crippen LogP contribution >= 0.6 is 0 Å². The van der Waals surface area contributed by atoms with E-state index in [4.69, 9.17) is 0 Å². The first-order valence-corrected chi connectivity index (χ1v) is 8.66. The third kappa shape index (κ3) is 4.91. The summed E-state index contributed by atoms with van der Waals surface area (Å²) in [5, 5.41) is 5.92. The van der Waals surface area contributed by atoms with Crippen LogP contribution in [0.15, 0.2) is 60.9 Å². The molecule has 0 aliphatic carbocycles. The molecule has 0 aliphatic rings. The van der Waals surface area contributed by atoms with Crippen molar-refractivity contribution >= 4 is 23.4 Å². The highest BCUT2D eigenvalue weighted by Gasteiger charge is 2.10. The molecule has 0 unspecified atom stereocenters. The van der Waals surface area contributed by atoms with E-state index in [1.807, 2.05) is 31.2 Å². The number of anilines is 2. The van der Waals surface area contributed by atoms with Gasteiger partial charge >= 0.3 is 5.97 Å². The van der Waals surface area contributed by atoms with E-state index in [0.717, 1.165) is 5.56 Å². The molecule has 0 radical (unpaired) electrons. The summed E-state index contributed by atoms with van der Waals surface area (Å²) < 4.78 is 4.65. The second-order valence-electron chi connectivity index (χ2n) is 6.15. The number of amides is 1. The van der Waals surface area contributed by atoms with Crippen molar-refractivity contribution in [1.29, 1.82) is 0 Å². The lowest BCUT2D eigenvalue weighted by atomic mass is 10.1. The summed E-state index contributed by atoms with van der Waals surface area (Å²) in [6.45, 7) is 2.63. The van der Waals surface area contributed by atoms with Gasteiger partial charge in [0.15, 0.2) is 0 Å². The number of ether oxygens (including phenoxy) is 1. The van der Waals surface area contributed by atoms with Gasteiger partial charge in [0.05, 0.1) is 12.7 Å². The Labute approximate surface area is 162 Å². The predicted octanol–water partition coefficient (Wildman–Crippen LogP) is 3.44. The number of hydrogen-bond acceptors (Lipinski definition) is 6. The van der Waals surface area contributed by atoms with E-state index >= 15 is 0 Å². The van der Waals surface area contributed by atoms with Gasteiger partial charge in [-0.3, -0.25) is 4.79 Å². The molecule has 28 heavy (non-hydrogen) atoms. The van der Waals surface area contributed by atoms with Crippen LogP contribution in [0.1, 0.15) is 32.0 Å². The first-order chi connectivity index (χ1) is 13.5. The molecule has 142 valence electrons. The Kier molecular flexibility index (Phi) is 5.96. The van der Waals surface area contributed by atoms with Gasteiger partial charge in [0.1, 0.15) is 17.8 Å². The monoisotopic (exact) mass is 376 g/mol. The Morgan fingerprint density at radius 2 is 1.71 bits per heavy atom. The minimum atomic E-state index is -0.432. The second kappa shape index (κ2) is 8.77. The molecule has 1 amide bonds. The molecular weight excluding hydrogens is 356 g/mol. The van der Waals surface area contributed by atoms with E-state index in [0.29, 0.717) is 23.6 Å². The summed E-state index contributed by atoms with van der Waals surface area (Å²) in [5.74, 6) is -0.244. The van der Waals surface area contributed by atoms with Crippen LogP contribution in [-0.4, -0.2) is 29.0 Å². The van der Waals surface area contributed by atoms with Gasteiger partial charge in [-0.15, -0.1) is 0 Å². The van der Waals surface area contributed by atoms with Crippen molar-refractivity contribution in [2.24, 2.45) is 0 Å². The fraction of sp³-hybridized carbons (Fsp3) is 0.143. The Balaban J connectivity index is 1.63. The zero-order valence-electron chi connectivity index (χ0n) is 15.6. The van der Waals surface area contributed by atoms with E-state index in [9.17, 15) is 9.59 Å². The average Bonchev–Trinajstić information content (AvgIpc) is 2.73. The van der Waals surface area contributed by atoms with Gasteiger partial charge in [-0.1, -0.05) is 29.8 Å². The second-order valence-corrected chi connectivity index (χ2v) is 6.15. The fourth-order valence-electron chi connectivity index (χ4n) is 2.48. The van der Waals surface area contributed by atoms with Crippen LogP contribution in [0.5, 0.6) is 0 Å². The number of aromatic nitrogens is 2. The zero-order chi connectivity index (χ0) is 19.9. The highest BCUT2D eigenvalue weighted by Crippen LogP contribution is 2.13. The number of esters is 1. The maximum Gasteiger partial charge on any atom is 0.337 e. The molecule has 2 aromatic carbocycles. The fourth-order valence-corrected chi connectivity index (χ4v) is 2.48. The summed E-state index contributed by atoms with van der Waals surface area (Å²) >= 11 is 0. The molecule has 0 aliphatic heterocycles. The van der Waals surface area contributed by atoms with Crippen molar-refractivity contribution in [3.05, 3.63) is 83.3 Å². The Hall–Kier alpha value is -3.74. The lowest BCUT2D eigenvalue weighted by Crippen LogP contribution is -2.15. The maximum atomic E-state index is 12.4. The standard InChI is InChI=1S/C21H20N4O3/c1-14-3-5-15(6-4-14)12-22-19-11-18(23-13-24-19)20(26)25-17-9-7-16(8-10-17)21(27)28-2/h3-11,13H,12H2,1-2H3,(H,25,26)(H,22,23,24). The highest BCUT2D eigenvalue weighted by molar-refractivity contribution is 6.03. The van der Waals surface area contributed by atoms with Gasteiger partial charge in [0.25, 0.3) is 5.91 Å². The molecule has 0 spiro atoms. The number of hydrogen-bond donors (Lipinski definition) is 2. The quantitative estimate of drug-likeness (QED) is 0.640. The van der Waals surface area contributed by atoms with Crippen molar-refractivity contribution in [3.8, 4) is 0 Å². The molecule has 0 atom stereocenters. The first-order valence-electron chi connectivity index (χ1n) is 8.66. The third-order valence-corrected chi connectivity index (χ3v) is 4.06. The summed E-state index contributed by atoms with van der Waals surface area (Å²) in [5.41, 5.74) is 3.50. The molecule has 0 saturated carbocycles. The Morgan fingerprint density at radius 1 is 1.00 bits per heavy atom. The SMILES string of the molecule is COC(=O)c1ccc(NC(=O)c2cc(NCc3ccc(C)cc3)ncn2)cc1. The minimum absolute atomic E-state index is 0.235. The summed E-state index contributed by atoms with van der Waals surface area (Å²) in [4.78, 5) is 32.1. The van der Waals surface area contributed by atoms with Gasteiger partial charge in [-0.05, 0) is 36.8 Å².